The van der Waals surface area contributed by atoms with E-state index in [0.29, 0.717) is 5.33 Å². The summed E-state index contributed by atoms with van der Waals surface area (Å²) in [5.41, 5.74) is -1.32. The third kappa shape index (κ3) is 3.22. The van der Waals surface area contributed by atoms with Crippen LogP contribution in [0.25, 0.3) is 0 Å². The van der Waals surface area contributed by atoms with Gasteiger partial charge < -0.3 is 0 Å². The van der Waals surface area contributed by atoms with Gasteiger partial charge in [0.1, 0.15) is 0 Å². The van der Waals surface area contributed by atoms with Crippen LogP contribution in [-0.2, 0) is 6.18 Å². The Hall–Kier alpha value is -0.550. The van der Waals surface area contributed by atoms with E-state index in [-0.39, 0.29) is 17.0 Å². The number of halogens is 5. The smallest absolute Gasteiger partial charge is 0.294 e. The Labute approximate surface area is 104 Å². The number of ketones is 1. The zero-order valence-electron chi connectivity index (χ0n) is 7.94. The lowest BCUT2D eigenvalue weighted by Crippen LogP contribution is -2.13. The van der Waals surface area contributed by atoms with Crippen LogP contribution < -0.4 is 0 Å². The first-order valence-electron chi connectivity index (χ1n) is 4.32. The molecule has 0 atom stereocenters. The number of hydrogen-bond donors (Lipinski definition) is 0. The van der Waals surface area contributed by atoms with Gasteiger partial charge in [0, 0.05) is 22.3 Å². The SMILES string of the molecule is O=C(CCBr)c1cc(Cl)ccc1C(F)(F)F. The molecule has 1 aromatic carbocycles. The molecule has 6 heteroatoms. The van der Waals surface area contributed by atoms with Gasteiger partial charge in [0.25, 0.3) is 0 Å². The molecule has 0 bridgehead atoms. The van der Waals surface area contributed by atoms with Gasteiger partial charge >= 0.3 is 6.18 Å². The van der Waals surface area contributed by atoms with E-state index in [1.165, 1.54) is 0 Å². The largest absolute Gasteiger partial charge is 0.417 e. The van der Waals surface area contributed by atoms with E-state index >= 15 is 0 Å². The molecule has 0 N–H and O–H groups in total. The maximum absolute atomic E-state index is 12.6. The Balaban J connectivity index is 3.24. The van der Waals surface area contributed by atoms with Gasteiger partial charge in [-0.25, -0.2) is 0 Å². The van der Waals surface area contributed by atoms with Crippen molar-refractivity contribution in [3.63, 3.8) is 0 Å². The van der Waals surface area contributed by atoms with Crippen molar-refractivity contribution < 1.29 is 18.0 Å². The molecule has 0 heterocycles. The molecule has 0 spiro atoms. The fourth-order valence-corrected chi connectivity index (χ4v) is 1.75. The summed E-state index contributed by atoms with van der Waals surface area (Å²) < 4.78 is 37.7. The van der Waals surface area contributed by atoms with Gasteiger partial charge in [-0.1, -0.05) is 27.5 Å². The summed E-state index contributed by atoms with van der Waals surface area (Å²) in [7, 11) is 0. The van der Waals surface area contributed by atoms with E-state index in [1.54, 1.807) is 0 Å². The van der Waals surface area contributed by atoms with Crippen molar-refractivity contribution in [1.29, 1.82) is 0 Å². The predicted octanol–water partition coefficient (Wildman–Crippen LogP) is 4.33. The van der Waals surface area contributed by atoms with Gasteiger partial charge in [0.15, 0.2) is 5.78 Å². The number of Topliss-reactive ketones (excluding diaryl/α,β-unsaturated/α-hetero) is 1. The van der Waals surface area contributed by atoms with E-state index in [9.17, 15) is 18.0 Å². The van der Waals surface area contributed by atoms with E-state index in [4.69, 9.17) is 11.6 Å². The van der Waals surface area contributed by atoms with E-state index in [1.807, 2.05) is 0 Å². The zero-order valence-corrected chi connectivity index (χ0v) is 10.3. The first-order valence-corrected chi connectivity index (χ1v) is 5.82. The molecule has 88 valence electrons. The Bertz CT molecular complexity index is 404. The number of hydrogen-bond acceptors (Lipinski definition) is 1. The minimum absolute atomic E-state index is 0.00340. The average molecular weight is 316 g/mol. The molecule has 0 fully saturated rings. The molecule has 16 heavy (non-hydrogen) atoms. The number of rotatable bonds is 3. The second-order valence-corrected chi connectivity index (χ2v) is 4.28. The fraction of sp³-hybridized carbons (Fsp3) is 0.300. The molecule has 0 saturated heterocycles. The van der Waals surface area contributed by atoms with Gasteiger partial charge in [-0.2, -0.15) is 13.2 Å². The van der Waals surface area contributed by atoms with Crippen LogP contribution in [0, 0.1) is 0 Å². The summed E-state index contributed by atoms with van der Waals surface area (Å²) in [6.07, 6.45) is -4.54. The van der Waals surface area contributed by atoms with E-state index in [0.717, 1.165) is 18.2 Å². The fourth-order valence-electron chi connectivity index (χ4n) is 1.21. The normalized spacial score (nSPS) is 11.6. The Morgan fingerprint density at radius 1 is 1.38 bits per heavy atom. The summed E-state index contributed by atoms with van der Waals surface area (Å²) in [5.74, 6) is -0.577. The summed E-state index contributed by atoms with van der Waals surface area (Å²) in [6.45, 7) is 0. The first kappa shape index (κ1) is 13.5. The van der Waals surface area contributed by atoms with Crippen LogP contribution >= 0.6 is 27.5 Å². The molecular weight excluding hydrogens is 308 g/mol. The van der Waals surface area contributed by atoms with Crippen LogP contribution in [0.15, 0.2) is 18.2 Å². The third-order valence-corrected chi connectivity index (χ3v) is 2.54. The number of carbonyl (C=O) groups is 1. The lowest BCUT2D eigenvalue weighted by atomic mass is 10.0. The summed E-state index contributed by atoms with van der Waals surface area (Å²) in [4.78, 5) is 11.5. The molecule has 0 aliphatic carbocycles. The Morgan fingerprint density at radius 2 is 2.00 bits per heavy atom. The van der Waals surface area contributed by atoms with Crippen LogP contribution in [0.4, 0.5) is 13.2 Å². The molecule has 0 aromatic heterocycles. The number of alkyl halides is 4. The van der Waals surface area contributed by atoms with Crippen LogP contribution in [0.3, 0.4) is 0 Å². The lowest BCUT2D eigenvalue weighted by molar-refractivity contribution is -0.137. The molecule has 0 aliphatic heterocycles. The van der Waals surface area contributed by atoms with Crippen LogP contribution in [-0.4, -0.2) is 11.1 Å². The minimum atomic E-state index is -4.54. The molecule has 1 nitrogen and oxygen atoms in total. The van der Waals surface area contributed by atoms with Crippen molar-refractivity contribution in [2.24, 2.45) is 0 Å². The zero-order chi connectivity index (χ0) is 12.3. The van der Waals surface area contributed by atoms with E-state index < -0.39 is 17.5 Å². The topological polar surface area (TPSA) is 17.1 Å². The lowest BCUT2D eigenvalue weighted by Gasteiger charge is -2.11. The van der Waals surface area contributed by atoms with Crippen LogP contribution in [0.5, 0.6) is 0 Å². The van der Waals surface area contributed by atoms with Crippen LogP contribution in [0.1, 0.15) is 22.3 Å². The standard InChI is InChI=1S/C10H7BrClF3O/c11-4-3-9(16)7-5-6(12)1-2-8(7)10(13,14)15/h1-2,5H,3-4H2. The summed E-state index contributed by atoms with van der Waals surface area (Å²) in [6, 6.07) is 2.99. The second kappa shape index (κ2) is 5.19. The third-order valence-electron chi connectivity index (χ3n) is 1.91. The number of benzene rings is 1. The van der Waals surface area contributed by atoms with Gasteiger partial charge in [-0.15, -0.1) is 0 Å². The van der Waals surface area contributed by atoms with Gasteiger partial charge in [0.2, 0.25) is 0 Å². The van der Waals surface area contributed by atoms with Gasteiger partial charge in [-0.05, 0) is 18.2 Å². The van der Waals surface area contributed by atoms with Crippen molar-refractivity contribution in [2.45, 2.75) is 12.6 Å². The Morgan fingerprint density at radius 3 is 2.50 bits per heavy atom. The molecule has 0 radical (unpaired) electrons. The monoisotopic (exact) mass is 314 g/mol. The first-order chi connectivity index (χ1) is 7.36. The molecule has 1 rings (SSSR count). The maximum atomic E-state index is 12.6. The van der Waals surface area contributed by atoms with Gasteiger partial charge in [0.05, 0.1) is 5.56 Å². The highest BCUT2D eigenvalue weighted by atomic mass is 79.9. The summed E-state index contributed by atoms with van der Waals surface area (Å²) >= 11 is 8.59. The van der Waals surface area contributed by atoms with E-state index in [2.05, 4.69) is 15.9 Å². The number of carbonyl (C=O) groups excluding carboxylic acids is 1. The average Bonchev–Trinajstić information content (AvgIpc) is 2.16. The van der Waals surface area contributed by atoms with Crippen molar-refractivity contribution in [3.05, 3.63) is 34.3 Å². The Kier molecular flexibility index (Phi) is 4.38. The quantitative estimate of drug-likeness (QED) is 0.599. The molecule has 0 saturated carbocycles. The highest BCUT2D eigenvalue weighted by molar-refractivity contribution is 9.09. The molecule has 0 aliphatic rings. The second-order valence-electron chi connectivity index (χ2n) is 3.05. The molecular formula is C10H7BrClF3O. The van der Waals surface area contributed by atoms with Crippen molar-refractivity contribution in [1.82, 2.24) is 0 Å². The maximum Gasteiger partial charge on any atom is 0.417 e. The highest BCUT2D eigenvalue weighted by Crippen LogP contribution is 2.33. The highest BCUT2D eigenvalue weighted by Gasteiger charge is 2.34. The van der Waals surface area contributed by atoms with Gasteiger partial charge in [-0.3, -0.25) is 4.79 Å². The molecule has 1 aromatic rings. The molecule has 0 amide bonds. The van der Waals surface area contributed by atoms with Crippen LogP contribution in [0.2, 0.25) is 5.02 Å². The van der Waals surface area contributed by atoms with Crippen molar-refractivity contribution >= 4 is 33.3 Å². The predicted molar refractivity (Wildman–Crippen MR) is 59.2 cm³/mol. The van der Waals surface area contributed by atoms with Crippen molar-refractivity contribution in [3.8, 4) is 0 Å². The minimum Gasteiger partial charge on any atom is -0.294 e. The van der Waals surface area contributed by atoms with Crippen molar-refractivity contribution in [2.75, 3.05) is 5.33 Å². The summed E-state index contributed by atoms with van der Waals surface area (Å²) in [5, 5.41) is 0.432. The molecule has 0 unspecified atom stereocenters.